The van der Waals surface area contributed by atoms with E-state index < -0.39 is 34.7 Å². The minimum absolute atomic E-state index is 0.0224. The SMILES string of the molecule is CCOc1ccccc1-c1ccc2c(NC(=O)c3cc(F)c(F)c(F)c3F)n[nH]c2c1. The molecule has 0 saturated carbocycles. The number of amides is 1. The number of hydrogen-bond acceptors (Lipinski definition) is 3. The van der Waals surface area contributed by atoms with Crippen LogP contribution < -0.4 is 10.1 Å². The molecule has 5 nitrogen and oxygen atoms in total. The van der Waals surface area contributed by atoms with Crippen molar-refractivity contribution in [3.05, 3.63) is 77.4 Å². The molecule has 9 heteroatoms. The molecule has 0 saturated heterocycles. The molecule has 158 valence electrons. The summed E-state index contributed by atoms with van der Waals surface area (Å²) in [6.45, 7) is 2.38. The lowest BCUT2D eigenvalue weighted by Crippen LogP contribution is -2.16. The lowest BCUT2D eigenvalue weighted by Gasteiger charge is -2.10. The van der Waals surface area contributed by atoms with Crippen molar-refractivity contribution in [1.82, 2.24) is 10.2 Å². The summed E-state index contributed by atoms with van der Waals surface area (Å²) < 4.78 is 59.5. The molecule has 2 N–H and O–H groups in total. The van der Waals surface area contributed by atoms with Gasteiger partial charge in [0.15, 0.2) is 29.1 Å². The van der Waals surface area contributed by atoms with Crippen LogP contribution in [-0.2, 0) is 0 Å². The van der Waals surface area contributed by atoms with Crippen LogP contribution in [0, 0.1) is 23.3 Å². The average Bonchev–Trinajstić information content (AvgIpc) is 3.17. The fourth-order valence-corrected chi connectivity index (χ4v) is 3.18. The topological polar surface area (TPSA) is 67.0 Å². The molecule has 0 unspecified atom stereocenters. The van der Waals surface area contributed by atoms with Crippen molar-refractivity contribution in [1.29, 1.82) is 0 Å². The molecular weight excluding hydrogens is 414 g/mol. The first kappa shape index (κ1) is 20.4. The molecule has 4 rings (SSSR count). The highest BCUT2D eigenvalue weighted by Gasteiger charge is 2.24. The van der Waals surface area contributed by atoms with Gasteiger partial charge in [-0.1, -0.05) is 24.3 Å². The lowest BCUT2D eigenvalue weighted by molar-refractivity contribution is 0.102. The van der Waals surface area contributed by atoms with Gasteiger partial charge in [0.05, 0.1) is 17.7 Å². The van der Waals surface area contributed by atoms with Crippen LogP contribution in [0.25, 0.3) is 22.0 Å². The van der Waals surface area contributed by atoms with E-state index in [1.54, 1.807) is 18.2 Å². The predicted molar refractivity (Wildman–Crippen MR) is 107 cm³/mol. The van der Waals surface area contributed by atoms with Crippen LogP contribution in [0.1, 0.15) is 17.3 Å². The normalized spacial score (nSPS) is 11.0. The number of carbonyl (C=O) groups is 1. The number of rotatable bonds is 5. The summed E-state index contributed by atoms with van der Waals surface area (Å²) in [6, 6.07) is 13.0. The van der Waals surface area contributed by atoms with Gasteiger partial charge in [-0.05, 0) is 36.8 Å². The van der Waals surface area contributed by atoms with E-state index in [2.05, 4.69) is 15.5 Å². The van der Waals surface area contributed by atoms with Crippen LogP contribution in [0.15, 0.2) is 48.5 Å². The van der Waals surface area contributed by atoms with Crippen molar-refractivity contribution in [2.75, 3.05) is 11.9 Å². The molecular formula is C22H15F4N3O2. The van der Waals surface area contributed by atoms with Gasteiger partial charge in [0.25, 0.3) is 5.91 Å². The molecule has 31 heavy (non-hydrogen) atoms. The number of aromatic nitrogens is 2. The van der Waals surface area contributed by atoms with E-state index in [1.165, 1.54) is 0 Å². The number of fused-ring (bicyclic) bond motifs is 1. The van der Waals surface area contributed by atoms with Crippen LogP contribution in [-0.4, -0.2) is 22.7 Å². The minimum atomic E-state index is -2.06. The molecule has 0 aliphatic heterocycles. The zero-order valence-corrected chi connectivity index (χ0v) is 16.1. The van der Waals surface area contributed by atoms with Gasteiger partial charge in [-0.2, -0.15) is 5.10 Å². The number of ether oxygens (including phenoxy) is 1. The van der Waals surface area contributed by atoms with Gasteiger partial charge in [-0.15, -0.1) is 0 Å². The second kappa shape index (κ2) is 8.10. The maximum Gasteiger partial charge on any atom is 0.260 e. The second-order valence-electron chi connectivity index (χ2n) is 6.56. The number of H-pyrrole nitrogens is 1. The number of halogens is 4. The number of hydrogen-bond donors (Lipinski definition) is 2. The van der Waals surface area contributed by atoms with Crippen molar-refractivity contribution in [2.45, 2.75) is 6.92 Å². The Balaban J connectivity index is 1.66. The van der Waals surface area contributed by atoms with E-state index in [4.69, 9.17) is 4.74 Å². The van der Waals surface area contributed by atoms with Gasteiger partial charge >= 0.3 is 0 Å². The van der Waals surface area contributed by atoms with Gasteiger partial charge in [0, 0.05) is 10.9 Å². The van der Waals surface area contributed by atoms with Gasteiger partial charge in [-0.25, -0.2) is 17.6 Å². The summed E-state index contributed by atoms with van der Waals surface area (Å²) in [6.07, 6.45) is 0. The number of nitrogens with one attached hydrogen (secondary N) is 2. The minimum Gasteiger partial charge on any atom is -0.493 e. The van der Waals surface area contributed by atoms with E-state index >= 15 is 0 Å². The summed E-state index contributed by atoms with van der Waals surface area (Å²) in [7, 11) is 0. The van der Waals surface area contributed by atoms with E-state index in [0.29, 0.717) is 29.3 Å². The molecule has 0 bridgehead atoms. The van der Waals surface area contributed by atoms with E-state index in [0.717, 1.165) is 11.1 Å². The molecule has 3 aromatic carbocycles. The Kier molecular flexibility index (Phi) is 5.33. The van der Waals surface area contributed by atoms with Gasteiger partial charge in [0.2, 0.25) is 0 Å². The monoisotopic (exact) mass is 429 g/mol. The summed E-state index contributed by atoms with van der Waals surface area (Å²) in [5.41, 5.74) is 1.25. The van der Waals surface area contributed by atoms with Gasteiger partial charge < -0.3 is 10.1 Å². The van der Waals surface area contributed by atoms with Crippen LogP contribution in [0.3, 0.4) is 0 Å². The summed E-state index contributed by atoms with van der Waals surface area (Å²) in [4.78, 5) is 12.3. The Morgan fingerprint density at radius 3 is 2.58 bits per heavy atom. The number of nitrogens with zero attached hydrogens (tertiary/aromatic N) is 1. The predicted octanol–water partition coefficient (Wildman–Crippen LogP) is 5.44. The van der Waals surface area contributed by atoms with Crippen molar-refractivity contribution in [3.63, 3.8) is 0 Å². The highest BCUT2D eigenvalue weighted by atomic mass is 19.2. The summed E-state index contributed by atoms with van der Waals surface area (Å²) in [5, 5.41) is 9.49. The third kappa shape index (κ3) is 3.70. The maximum absolute atomic E-state index is 13.9. The molecule has 0 atom stereocenters. The Hall–Kier alpha value is -3.88. The third-order valence-corrected chi connectivity index (χ3v) is 4.64. The molecule has 1 aromatic heterocycles. The number of aromatic amines is 1. The first-order valence-electron chi connectivity index (χ1n) is 9.25. The van der Waals surface area contributed by atoms with E-state index in [1.807, 2.05) is 31.2 Å². The average molecular weight is 429 g/mol. The fraction of sp³-hybridized carbons (Fsp3) is 0.0909. The summed E-state index contributed by atoms with van der Waals surface area (Å²) in [5.74, 6) is -7.95. The number of benzene rings is 3. The first-order chi connectivity index (χ1) is 14.9. The van der Waals surface area contributed by atoms with Crippen LogP contribution in [0.4, 0.5) is 23.4 Å². The molecule has 0 fully saturated rings. The van der Waals surface area contributed by atoms with Gasteiger partial charge in [0.1, 0.15) is 5.75 Å². The van der Waals surface area contributed by atoms with E-state index in [9.17, 15) is 22.4 Å². The van der Waals surface area contributed by atoms with Crippen molar-refractivity contribution in [2.24, 2.45) is 0 Å². The van der Waals surface area contributed by atoms with Crippen molar-refractivity contribution in [3.8, 4) is 16.9 Å². The van der Waals surface area contributed by atoms with Crippen LogP contribution >= 0.6 is 0 Å². The second-order valence-corrected chi connectivity index (χ2v) is 6.56. The first-order valence-corrected chi connectivity index (χ1v) is 9.25. The summed E-state index contributed by atoms with van der Waals surface area (Å²) >= 11 is 0. The zero-order chi connectivity index (χ0) is 22.1. The quantitative estimate of drug-likeness (QED) is 0.252. The smallest absolute Gasteiger partial charge is 0.260 e. The largest absolute Gasteiger partial charge is 0.493 e. The van der Waals surface area contributed by atoms with Crippen LogP contribution in [0.5, 0.6) is 5.75 Å². The maximum atomic E-state index is 13.9. The lowest BCUT2D eigenvalue weighted by atomic mass is 10.0. The fourth-order valence-electron chi connectivity index (χ4n) is 3.18. The molecule has 0 radical (unpaired) electrons. The molecule has 1 heterocycles. The highest BCUT2D eigenvalue weighted by molar-refractivity contribution is 6.08. The number of carbonyl (C=O) groups excluding carboxylic acids is 1. The van der Waals surface area contributed by atoms with Crippen LogP contribution in [0.2, 0.25) is 0 Å². The Morgan fingerprint density at radius 1 is 1.03 bits per heavy atom. The van der Waals surface area contributed by atoms with E-state index in [-0.39, 0.29) is 5.82 Å². The Bertz CT molecular complexity index is 1300. The highest BCUT2D eigenvalue weighted by Crippen LogP contribution is 2.33. The Morgan fingerprint density at radius 2 is 1.81 bits per heavy atom. The number of anilines is 1. The third-order valence-electron chi connectivity index (χ3n) is 4.64. The van der Waals surface area contributed by atoms with Gasteiger partial charge in [-0.3, -0.25) is 9.89 Å². The molecule has 1 amide bonds. The molecule has 0 spiro atoms. The number of para-hydroxylation sites is 1. The Labute approximate surface area is 173 Å². The molecule has 0 aliphatic rings. The molecule has 0 aliphatic carbocycles. The standard InChI is InChI=1S/C22H15F4N3O2/c1-2-31-17-6-4-3-5-12(17)11-7-8-13-16(9-11)28-29-21(13)27-22(30)14-10-15(23)19(25)20(26)18(14)24/h3-10H,2H2,1H3,(H2,27,28,29,30). The molecule has 4 aromatic rings. The van der Waals surface area contributed by atoms with Crippen molar-refractivity contribution < 1.29 is 27.1 Å². The van der Waals surface area contributed by atoms with Crippen molar-refractivity contribution >= 4 is 22.6 Å². The zero-order valence-electron chi connectivity index (χ0n) is 16.1.